The summed E-state index contributed by atoms with van der Waals surface area (Å²) in [6, 6.07) is -1.15. The van der Waals surface area contributed by atoms with E-state index in [1.54, 1.807) is 0 Å². The Kier molecular flexibility index (Phi) is 4.69. The summed E-state index contributed by atoms with van der Waals surface area (Å²) < 4.78 is 29.7. The van der Waals surface area contributed by atoms with E-state index < -0.39 is 28.1 Å². The minimum absolute atomic E-state index is 0.0304. The van der Waals surface area contributed by atoms with Gasteiger partial charge in [0, 0.05) is 0 Å². The molecule has 1 aliphatic rings. The number of aliphatic hydroxyl groups excluding tert-OH is 1. The van der Waals surface area contributed by atoms with Gasteiger partial charge in [-0.05, 0) is 6.42 Å². The summed E-state index contributed by atoms with van der Waals surface area (Å²) in [5.74, 6) is -0.747. The molecule has 0 aromatic rings. The lowest BCUT2D eigenvalue weighted by molar-refractivity contribution is -0.139. The number of sulfonamides is 1. The number of carbonyl (C=O) groups is 1. The van der Waals surface area contributed by atoms with Gasteiger partial charge in [-0.25, -0.2) is 8.42 Å². The summed E-state index contributed by atoms with van der Waals surface area (Å²) in [4.78, 5) is 11.1. The van der Waals surface area contributed by atoms with Crippen LogP contribution in [0, 0.1) is 0 Å². The fourth-order valence-corrected chi connectivity index (χ4v) is 2.77. The van der Waals surface area contributed by atoms with Crippen LogP contribution in [0.3, 0.4) is 0 Å². The summed E-state index contributed by atoms with van der Waals surface area (Å²) in [7, 11) is -3.51. The van der Waals surface area contributed by atoms with E-state index in [1.807, 2.05) is 6.92 Å². The molecule has 16 heavy (non-hydrogen) atoms. The largest absolute Gasteiger partial charge is 0.462 e. The number of hydrogen-bond acceptors (Lipinski definition) is 5. The third-order valence-corrected chi connectivity index (χ3v) is 3.80. The second-order valence-electron chi connectivity index (χ2n) is 3.82. The molecule has 94 valence electrons. The molecule has 2 N–H and O–H groups in total. The fourth-order valence-electron chi connectivity index (χ4n) is 1.43. The highest BCUT2D eigenvalue weighted by atomic mass is 32.2. The summed E-state index contributed by atoms with van der Waals surface area (Å²) in [5, 5.41) is 9.32. The third-order valence-electron chi connectivity index (χ3n) is 2.36. The van der Waals surface area contributed by atoms with Gasteiger partial charge < -0.3 is 9.84 Å². The van der Waals surface area contributed by atoms with Gasteiger partial charge in [0.2, 0.25) is 10.0 Å². The lowest BCUT2D eigenvalue weighted by Gasteiger charge is -2.12. The molecular formula is C9H17NO5S. The highest BCUT2D eigenvalue weighted by Crippen LogP contribution is 2.09. The quantitative estimate of drug-likeness (QED) is 0.485. The summed E-state index contributed by atoms with van der Waals surface area (Å²) in [6.07, 6.45) is 1.19. The van der Waals surface area contributed by atoms with Gasteiger partial charge in [0.25, 0.3) is 0 Å². The van der Waals surface area contributed by atoms with Crippen molar-refractivity contribution in [1.29, 1.82) is 0 Å². The van der Waals surface area contributed by atoms with Crippen LogP contribution in [0.15, 0.2) is 0 Å². The molecule has 0 saturated carbocycles. The van der Waals surface area contributed by atoms with Crippen molar-refractivity contribution in [2.75, 3.05) is 12.4 Å². The van der Waals surface area contributed by atoms with E-state index in [2.05, 4.69) is 9.46 Å². The number of unbranched alkanes of at least 4 members (excludes halogenated alkanes) is 2. The first-order chi connectivity index (χ1) is 7.46. The Morgan fingerprint density at radius 1 is 1.50 bits per heavy atom. The highest BCUT2D eigenvalue weighted by molar-refractivity contribution is 7.89. The maximum absolute atomic E-state index is 11.5. The van der Waals surface area contributed by atoms with Crippen molar-refractivity contribution >= 4 is 16.0 Å². The maximum Gasteiger partial charge on any atom is 0.327 e. The van der Waals surface area contributed by atoms with E-state index in [9.17, 15) is 18.3 Å². The SMILES string of the molecule is CCCCCS(=O)(=O)NC1C(=O)OCC1O. The van der Waals surface area contributed by atoms with Crippen molar-refractivity contribution in [3.05, 3.63) is 0 Å². The monoisotopic (exact) mass is 251 g/mol. The van der Waals surface area contributed by atoms with E-state index >= 15 is 0 Å². The van der Waals surface area contributed by atoms with Crippen molar-refractivity contribution < 1.29 is 23.1 Å². The Morgan fingerprint density at radius 2 is 2.19 bits per heavy atom. The maximum atomic E-state index is 11.5. The molecule has 0 spiro atoms. The molecule has 0 aromatic carbocycles. The molecule has 6 nitrogen and oxygen atoms in total. The number of esters is 1. The van der Waals surface area contributed by atoms with Crippen molar-refractivity contribution in [3.63, 3.8) is 0 Å². The van der Waals surface area contributed by atoms with Crippen molar-refractivity contribution in [3.8, 4) is 0 Å². The fraction of sp³-hybridized carbons (Fsp3) is 0.889. The predicted molar refractivity (Wildman–Crippen MR) is 57.2 cm³/mol. The minimum Gasteiger partial charge on any atom is -0.462 e. The highest BCUT2D eigenvalue weighted by Gasteiger charge is 2.38. The van der Waals surface area contributed by atoms with Crippen LogP contribution in [0.25, 0.3) is 0 Å². The van der Waals surface area contributed by atoms with Crippen LogP contribution in [0.2, 0.25) is 0 Å². The van der Waals surface area contributed by atoms with Crippen LogP contribution in [0.1, 0.15) is 26.2 Å². The Labute approximate surface area is 95.0 Å². The van der Waals surface area contributed by atoms with Crippen LogP contribution < -0.4 is 4.72 Å². The normalized spacial score (nSPS) is 25.8. The Bertz CT molecular complexity index is 340. The summed E-state index contributed by atoms with van der Waals surface area (Å²) in [6.45, 7) is 1.82. The number of carbonyl (C=O) groups excluding carboxylic acids is 1. The Balaban J connectivity index is 2.48. The van der Waals surface area contributed by atoms with E-state index in [4.69, 9.17) is 0 Å². The Morgan fingerprint density at radius 3 is 2.69 bits per heavy atom. The van der Waals surface area contributed by atoms with E-state index in [0.717, 1.165) is 12.8 Å². The first kappa shape index (κ1) is 13.4. The zero-order chi connectivity index (χ0) is 12.2. The molecular weight excluding hydrogens is 234 g/mol. The van der Waals surface area contributed by atoms with Crippen LogP contribution in [0.4, 0.5) is 0 Å². The molecule has 0 aliphatic carbocycles. The van der Waals surface area contributed by atoms with E-state index in [0.29, 0.717) is 6.42 Å². The topological polar surface area (TPSA) is 92.7 Å². The van der Waals surface area contributed by atoms with Crippen LogP contribution >= 0.6 is 0 Å². The first-order valence-electron chi connectivity index (χ1n) is 5.31. The molecule has 0 aromatic heterocycles. The van der Waals surface area contributed by atoms with Crippen molar-refractivity contribution in [2.24, 2.45) is 0 Å². The van der Waals surface area contributed by atoms with Gasteiger partial charge in [-0.3, -0.25) is 4.79 Å². The molecule has 0 bridgehead atoms. The first-order valence-corrected chi connectivity index (χ1v) is 6.96. The van der Waals surface area contributed by atoms with Gasteiger partial charge in [-0.1, -0.05) is 19.8 Å². The molecule has 1 heterocycles. The van der Waals surface area contributed by atoms with Gasteiger partial charge in [-0.15, -0.1) is 0 Å². The summed E-state index contributed by atoms with van der Waals surface area (Å²) in [5.41, 5.74) is 0. The molecule has 0 radical (unpaired) electrons. The zero-order valence-electron chi connectivity index (χ0n) is 9.18. The number of hydrogen-bond donors (Lipinski definition) is 2. The number of aliphatic hydroxyl groups is 1. The standard InChI is InChI=1S/C9H17NO5S/c1-2-3-4-5-16(13,14)10-8-7(11)6-15-9(8)12/h7-8,10-11H,2-6H2,1H3. The van der Waals surface area contributed by atoms with Crippen LogP contribution in [0.5, 0.6) is 0 Å². The average molecular weight is 251 g/mol. The molecule has 2 unspecified atom stereocenters. The molecule has 2 atom stereocenters. The van der Waals surface area contributed by atoms with E-state index in [-0.39, 0.29) is 12.4 Å². The Hall–Kier alpha value is -0.660. The molecule has 1 saturated heterocycles. The number of ether oxygens (including phenoxy) is 1. The number of nitrogens with one attached hydrogen (secondary N) is 1. The number of cyclic esters (lactones) is 1. The van der Waals surface area contributed by atoms with Crippen LogP contribution in [-0.4, -0.2) is 44.0 Å². The van der Waals surface area contributed by atoms with Crippen LogP contribution in [-0.2, 0) is 19.6 Å². The number of rotatable bonds is 6. The van der Waals surface area contributed by atoms with Gasteiger partial charge in [0.05, 0.1) is 5.75 Å². The smallest absolute Gasteiger partial charge is 0.327 e. The zero-order valence-corrected chi connectivity index (χ0v) is 10.00. The predicted octanol–water partition coefficient (Wildman–Crippen LogP) is -0.618. The minimum atomic E-state index is -3.51. The average Bonchev–Trinajstić information content (AvgIpc) is 2.49. The molecule has 1 rings (SSSR count). The second kappa shape index (κ2) is 5.60. The van der Waals surface area contributed by atoms with Gasteiger partial charge in [0.1, 0.15) is 18.8 Å². The lowest BCUT2D eigenvalue weighted by Crippen LogP contribution is -2.45. The van der Waals surface area contributed by atoms with Crippen molar-refractivity contribution in [2.45, 2.75) is 38.3 Å². The third kappa shape index (κ3) is 3.73. The van der Waals surface area contributed by atoms with Crippen molar-refractivity contribution in [1.82, 2.24) is 4.72 Å². The molecule has 7 heteroatoms. The summed E-state index contributed by atoms with van der Waals surface area (Å²) >= 11 is 0. The van der Waals surface area contributed by atoms with Gasteiger partial charge >= 0.3 is 5.97 Å². The lowest BCUT2D eigenvalue weighted by atomic mass is 10.2. The van der Waals surface area contributed by atoms with Gasteiger partial charge in [0.15, 0.2) is 0 Å². The molecule has 1 fully saturated rings. The second-order valence-corrected chi connectivity index (χ2v) is 5.69. The van der Waals surface area contributed by atoms with E-state index in [1.165, 1.54) is 0 Å². The molecule has 0 amide bonds. The van der Waals surface area contributed by atoms with Gasteiger partial charge in [-0.2, -0.15) is 4.72 Å². The molecule has 1 aliphatic heterocycles.